The monoisotopic (exact) mass is 423 g/mol. The smallest absolute Gasteiger partial charge is 0.225 e. The molecule has 5 rings (SSSR count). The SMILES string of the molecule is Fc1ccc(Cc2nc([C@@H]3CCCN3Cc3ccnc(N4CCOCC4)n3)n[nH]2)cc1. The molecule has 2 saturated heterocycles. The summed E-state index contributed by atoms with van der Waals surface area (Å²) in [6.45, 7) is 4.81. The minimum Gasteiger partial charge on any atom is -0.378 e. The van der Waals surface area contributed by atoms with Gasteiger partial charge in [-0.25, -0.2) is 19.3 Å². The van der Waals surface area contributed by atoms with Crippen LogP contribution in [0.4, 0.5) is 10.3 Å². The van der Waals surface area contributed by atoms with Gasteiger partial charge in [-0.15, -0.1) is 0 Å². The first-order valence-corrected chi connectivity index (χ1v) is 10.8. The first-order valence-electron chi connectivity index (χ1n) is 10.8. The minimum atomic E-state index is -0.231. The van der Waals surface area contributed by atoms with Crippen molar-refractivity contribution in [3.63, 3.8) is 0 Å². The summed E-state index contributed by atoms with van der Waals surface area (Å²) in [5.41, 5.74) is 2.01. The Balaban J connectivity index is 1.26. The fourth-order valence-corrected chi connectivity index (χ4v) is 4.24. The molecule has 9 heteroatoms. The third kappa shape index (κ3) is 4.72. The van der Waals surface area contributed by atoms with Gasteiger partial charge in [-0.3, -0.25) is 10.00 Å². The molecule has 2 aliphatic heterocycles. The van der Waals surface area contributed by atoms with E-state index >= 15 is 0 Å². The number of aromatic nitrogens is 5. The number of anilines is 1. The molecule has 31 heavy (non-hydrogen) atoms. The van der Waals surface area contributed by atoms with Crippen LogP contribution < -0.4 is 4.90 Å². The summed E-state index contributed by atoms with van der Waals surface area (Å²) in [6, 6.07) is 8.65. The van der Waals surface area contributed by atoms with Crippen molar-refractivity contribution in [2.45, 2.75) is 31.8 Å². The molecule has 4 heterocycles. The topological polar surface area (TPSA) is 83.1 Å². The maximum Gasteiger partial charge on any atom is 0.225 e. The van der Waals surface area contributed by atoms with Gasteiger partial charge in [0, 0.05) is 32.3 Å². The fourth-order valence-electron chi connectivity index (χ4n) is 4.24. The largest absolute Gasteiger partial charge is 0.378 e. The van der Waals surface area contributed by atoms with E-state index in [-0.39, 0.29) is 11.9 Å². The molecular formula is C22H26FN7O. The Morgan fingerprint density at radius 3 is 2.74 bits per heavy atom. The van der Waals surface area contributed by atoms with Crippen LogP contribution in [0.1, 0.15) is 41.8 Å². The van der Waals surface area contributed by atoms with Crippen LogP contribution in [0.2, 0.25) is 0 Å². The summed E-state index contributed by atoms with van der Waals surface area (Å²) >= 11 is 0. The molecule has 0 bridgehead atoms. The minimum absolute atomic E-state index is 0.167. The van der Waals surface area contributed by atoms with E-state index in [1.54, 1.807) is 12.1 Å². The number of hydrogen-bond acceptors (Lipinski definition) is 7. The predicted octanol–water partition coefficient (Wildman–Crippen LogP) is 2.50. The number of nitrogens with zero attached hydrogens (tertiary/aromatic N) is 6. The van der Waals surface area contributed by atoms with Crippen LogP contribution >= 0.6 is 0 Å². The average Bonchev–Trinajstić information content (AvgIpc) is 3.45. The third-order valence-electron chi connectivity index (χ3n) is 5.86. The molecule has 2 fully saturated rings. The van der Waals surface area contributed by atoms with Crippen molar-refractivity contribution in [2.24, 2.45) is 0 Å². The Bertz CT molecular complexity index is 1000. The summed E-state index contributed by atoms with van der Waals surface area (Å²) in [4.78, 5) is 18.5. The zero-order chi connectivity index (χ0) is 21.0. The average molecular weight is 423 g/mol. The lowest BCUT2D eigenvalue weighted by Gasteiger charge is -2.27. The molecule has 2 aliphatic rings. The number of hydrogen-bond donors (Lipinski definition) is 1. The molecule has 8 nitrogen and oxygen atoms in total. The highest BCUT2D eigenvalue weighted by Crippen LogP contribution is 2.31. The van der Waals surface area contributed by atoms with Crippen LogP contribution in [0, 0.1) is 5.82 Å². The third-order valence-corrected chi connectivity index (χ3v) is 5.86. The van der Waals surface area contributed by atoms with Gasteiger partial charge < -0.3 is 9.64 Å². The van der Waals surface area contributed by atoms with E-state index < -0.39 is 0 Å². The van der Waals surface area contributed by atoms with E-state index in [0.717, 1.165) is 67.9 Å². The van der Waals surface area contributed by atoms with Crippen LogP contribution in [0.25, 0.3) is 0 Å². The van der Waals surface area contributed by atoms with E-state index in [4.69, 9.17) is 14.7 Å². The van der Waals surface area contributed by atoms with Crippen LogP contribution in [-0.2, 0) is 17.7 Å². The van der Waals surface area contributed by atoms with Gasteiger partial charge in [0.2, 0.25) is 5.95 Å². The van der Waals surface area contributed by atoms with Gasteiger partial charge >= 0.3 is 0 Å². The standard InChI is InChI=1S/C22H26FN7O/c23-17-5-3-16(4-6-17)14-20-26-21(28-27-20)19-2-1-9-30(19)15-18-7-8-24-22(25-18)29-10-12-31-13-11-29/h3-8,19H,1-2,9-15H2,(H,26,27,28)/t19-/m0/s1. The van der Waals surface area contributed by atoms with Gasteiger partial charge in [0.15, 0.2) is 5.82 Å². The van der Waals surface area contributed by atoms with Crippen molar-refractivity contribution >= 4 is 5.95 Å². The molecule has 0 radical (unpaired) electrons. The molecule has 0 saturated carbocycles. The molecule has 162 valence electrons. The molecular weight excluding hydrogens is 397 g/mol. The van der Waals surface area contributed by atoms with Crippen molar-refractivity contribution in [1.82, 2.24) is 30.0 Å². The number of rotatable bonds is 6. The summed E-state index contributed by atoms with van der Waals surface area (Å²) in [7, 11) is 0. The van der Waals surface area contributed by atoms with Gasteiger partial charge in [-0.05, 0) is 43.1 Å². The van der Waals surface area contributed by atoms with Crippen LogP contribution in [0.15, 0.2) is 36.5 Å². The maximum atomic E-state index is 13.1. The zero-order valence-electron chi connectivity index (χ0n) is 17.4. The van der Waals surface area contributed by atoms with Crippen molar-refractivity contribution in [1.29, 1.82) is 0 Å². The summed E-state index contributed by atoms with van der Waals surface area (Å²) in [5.74, 6) is 2.16. The molecule has 3 aromatic rings. The number of benzene rings is 1. The lowest BCUT2D eigenvalue weighted by molar-refractivity contribution is 0.122. The number of morpholine rings is 1. The highest BCUT2D eigenvalue weighted by molar-refractivity contribution is 5.30. The molecule has 0 aliphatic carbocycles. The summed E-state index contributed by atoms with van der Waals surface area (Å²) in [5, 5.41) is 7.54. The lowest BCUT2D eigenvalue weighted by Crippen LogP contribution is -2.37. The number of ether oxygens (including phenoxy) is 1. The fraction of sp³-hybridized carbons (Fsp3) is 0.455. The molecule has 0 unspecified atom stereocenters. The van der Waals surface area contributed by atoms with E-state index in [0.29, 0.717) is 19.6 Å². The first kappa shape index (κ1) is 20.0. The van der Waals surface area contributed by atoms with E-state index in [1.165, 1.54) is 12.1 Å². The second-order valence-corrected chi connectivity index (χ2v) is 8.02. The Labute approximate surface area is 180 Å². The molecule has 0 amide bonds. The van der Waals surface area contributed by atoms with Gasteiger partial charge in [0.05, 0.1) is 24.9 Å². The number of halogens is 1. The van der Waals surface area contributed by atoms with Gasteiger partial charge in [0.1, 0.15) is 11.6 Å². The van der Waals surface area contributed by atoms with Gasteiger partial charge in [-0.1, -0.05) is 12.1 Å². The van der Waals surface area contributed by atoms with Crippen molar-refractivity contribution in [3.05, 3.63) is 65.3 Å². The molecule has 0 spiro atoms. The number of nitrogens with one attached hydrogen (secondary N) is 1. The zero-order valence-corrected chi connectivity index (χ0v) is 17.4. The van der Waals surface area contributed by atoms with Crippen molar-refractivity contribution in [3.8, 4) is 0 Å². The Kier molecular flexibility index (Phi) is 5.86. The van der Waals surface area contributed by atoms with Crippen molar-refractivity contribution in [2.75, 3.05) is 37.7 Å². The van der Waals surface area contributed by atoms with Crippen LogP contribution in [-0.4, -0.2) is 62.9 Å². The second kappa shape index (κ2) is 9.07. The Hall–Kier alpha value is -2.91. The first-order chi connectivity index (χ1) is 15.2. The lowest BCUT2D eigenvalue weighted by atomic mass is 10.1. The number of H-pyrrole nitrogens is 1. The van der Waals surface area contributed by atoms with Crippen LogP contribution in [0.5, 0.6) is 0 Å². The maximum absolute atomic E-state index is 13.1. The van der Waals surface area contributed by atoms with Crippen LogP contribution in [0.3, 0.4) is 0 Å². The highest BCUT2D eigenvalue weighted by atomic mass is 19.1. The molecule has 1 atom stereocenters. The second-order valence-electron chi connectivity index (χ2n) is 8.02. The molecule has 2 aromatic heterocycles. The predicted molar refractivity (Wildman–Crippen MR) is 113 cm³/mol. The quantitative estimate of drug-likeness (QED) is 0.652. The van der Waals surface area contributed by atoms with Gasteiger partial charge in [-0.2, -0.15) is 5.10 Å². The van der Waals surface area contributed by atoms with E-state index in [9.17, 15) is 4.39 Å². The highest BCUT2D eigenvalue weighted by Gasteiger charge is 2.29. The normalized spacial score (nSPS) is 19.8. The van der Waals surface area contributed by atoms with Crippen molar-refractivity contribution < 1.29 is 9.13 Å². The Morgan fingerprint density at radius 2 is 1.90 bits per heavy atom. The summed E-state index contributed by atoms with van der Waals surface area (Å²) < 4.78 is 18.6. The number of aromatic amines is 1. The van der Waals surface area contributed by atoms with E-state index in [2.05, 4.69) is 25.0 Å². The van der Waals surface area contributed by atoms with Gasteiger partial charge in [0.25, 0.3) is 0 Å². The molecule has 1 N–H and O–H groups in total. The number of likely N-dealkylation sites (tertiary alicyclic amines) is 1. The van der Waals surface area contributed by atoms with E-state index in [1.807, 2.05) is 12.3 Å². The Morgan fingerprint density at radius 1 is 1.06 bits per heavy atom. The molecule has 1 aromatic carbocycles. The summed E-state index contributed by atoms with van der Waals surface area (Å²) in [6.07, 6.45) is 4.57.